The third kappa shape index (κ3) is 2.52. The number of carbonyl (C=O) groups excluding carboxylic acids is 1. The van der Waals surface area contributed by atoms with Gasteiger partial charge in [0.25, 0.3) is 0 Å². The number of rotatable bonds is 4. The van der Waals surface area contributed by atoms with Crippen molar-refractivity contribution in [2.75, 3.05) is 24.5 Å². The molecule has 4 heterocycles. The van der Waals surface area contributed by atoms with Gasteiger partial charge in [0.05, 0.1) is 11.4 Å². The number of hydrogen-bond donors (Lipinski definition) is 0. The van der Waals surface area contributed by atoms with E-state index >= 15 is 0 Å². The molecule has 1 unspecified atom stereocenters. The molecule has 2 aromatic heterocycles. The summed E-state index contributed by atoms with van der Waals surface area (Å²) >= 11 is 0. The Kier molecular flexibility index (Phi) is 4.25. The molecule has 4 rings (SSSR count). The van der Waals surface area contributed by atoms with Gasteiger partial charge in [-0.25, -0.2) is 4.98 Å². The fourth-order valence-electron chi connectivity index (χ4n) is 4.57. The molecular weight excluding hydrogens is 324 g/mol. The smallest absolute Gasteiger partial charge is 0.222 e. The first-order valence-electron chi connectivity index (χ1n) is 9.75. The standard InChI is InChI=1S/C21H28N4O/c1-4-11-25-17-7-5-10-22-20(17)24-12-6-8-18(24)21(25)9-13-23(15-21)19(26)14-16(2)3/h5-8,10,12,16H,4,9,11,13-15H2,1-3H3. The van der Waals surface area contributed by atoms with Gasteiger partial charge in [-0.05, 0) is 43.0 Å². The molecule has 0 saturated carbocycles. The van der Waals surface area contributed by atoms with Crippen molar-refractivity contribution in [2.45, 2.75) is 45.6 Å². The van der Waals surface area contributed by atoms with E-state index < -0.39 is 0 Å². The highest BCUT2D eigenvalue weighted by Crippen LogP contribution is 2.47. The number of amides is 1. The Balaban J connectivity index is 1.77. The topological polar surface area (TPSA) is 41.4 Å². The second-order valence-electron chi connectivity index (χ2n) is 7.96. The van der Waals surface area contributed by atoms with E-state index in [1.54, 1.807) is 0 Å². The van der Waals surface area contributed by atoms with Crippen LogP contribution in [0.1, 0.15) is 45.7 Å². The van der Waals surface area contributed by atoms with E-state index in [0.29, 0.717) is 12.3 Å². The van der Waals surface area contributed by atoms with Gasteiger partial charge in [0.2, 0.25) is 5.91 Å². The molecule has 2 aliphatic rings. The minimum Gasteiger partial charge on any atom is -0.355 e. The maximum atomic E-state index is 12.7. The Morgan fingerprint density at radius 3 is 2.92 bits per heavy atom. The highest BCUT2D eigenvalue weighted by atomic mass is 16.2. The van der Waals surface area contributed by atoms with E-state index in [1.165, 1.54) is 11.4 Å². The van der Waals surface area contributed by atoms with Gasteiger partial charge in [0.15, 0.2) is 5.82 Å². The summed E-state index contributed by atoms with van der Waals surface area (Å²) in [7, 11) is 0. The Morgan fingerprint density at radius 2 is 2.15 bits per heavy atom. The van der Waals surface area contributed by atoms with Crippen molar-refractivity contribution in [2.24, 2.45) is 5.92 Å². The molecule has 1 fully saturated rings. The lowest BCUT2D eigenvalue weighted by atomic mass is 9.88. The summed E-state index contributed by atoms with van der Waals surface area (Å²) in [5, 5.41) is 0. The first kappa shape index (κ1) is 17.1. The van der Waals surface area contributed by atoms with Crippen LogP contribution in [0.2, 0.25) is 0 Å². The fraction of sp³-hybridized carbons (Fsp3) is 0.524. The molecule has 26 heavy (non-hydrogen) atoms. The third-order valence-electron chi connectivity index (χ3n) is 5.66. The Bertz CT molecular complexity index is 812. The van der Waals surface area contributed by atoms with Crippen LogP contribution >= 0.6 is 0 Å². The zero-order chi connectivity index (χ0) is 18.3. The Hall–Kier alpha value is -2.30. The van der Waals surface area contributed by atoms with Crippen molar-refractivity contribution in [3.8, 4) is 5.82 Å². The number of carbonyl (C=O) groups is 1. The molecule has 138 valence electrons. The molecule has 1 spiro atoms. The Labute approximate surface area is 155 Å². The van der Waals surface area contributed by atoms with Gasteiger partial charge < -0.3 is 14.4 Å². The zero-order valence-corrected chi connectivity index (χ0v) is 16.0. The predicted molar refractivity (Wildman–Crippen MR) is 104 cm³/mol. The fourth-order valence-corrected chi connectivity index (χ4v) is 4.57. The van der Waals surface area contributed by atoms with E-state index in [2.05, 4.69) is 64.5 Å². The third-order valence-corrected chi connectivity index (χ3v) is 5.66. The first-order valence-corrected chi connectivity index (χ1v) is 9.75. The van der Waals surface area contributed by atoms with Crippen LogP contribution in [-0.4, -0.2) is 40.0 Å². The van der Waals surface area contributed by atoms with Gasteiger partial charge in [-0.1, -0.05) is 20.8 Å². The van der Waals surface area contributed by atoms with Crippen LogP contribution in [0.3, 0.4) is 0 Å². The molecule has 0 aromatic carbocycles. The summed E-state index contributed by atoms with van der Waals surface area (Å²) in [5.74, 6) is 1.67. The number of nitrogens with zero attached hydrogens (tertiary/aromatic N) is 4. The van der Waals surface area contributed by atoms with E-state index in [9.17, 15) is 4.79 Å². The van der Waals surface area contributed by atoms with E-state index in [-0.39, 0.29) is 11.4 Å². The summed E-state index contributed by atoms with van der Waals surface area (Å²) in [4.78, 5) is 22.0. The molecule has 0 aliphatic carbocycles. The minimum atomic E-state index is -0.151. The molecular formula is C21H28N4O. The highest BCUT2D eigenvalue weighted by molar-refractivity contribution is 5.77. The van der Waals surface area contributed by atoms with E-state index in [1.807, 2.05) is 12.3 Å². The average Bonchev–Trinajstić information content (AvgIpc) is 3.27. The summed E-state index contributed by atoms with van der Waals surface area (Å²) in [6.07, 6.45) is 6.62. The van der Waals surface area contributed by atoms with Crippen molar-refractivity contribution < 1.29 is 4.79 Å². The monoisotopic (exact) mass is 352 g/mol. The number of anilines is 1. The van der Waals surface area contributed by atoms with Crippen molar-refractivity contribution in [3.05, 3.63) is 42.4 Å². The van der Waals surface area contributed by atoms with Gasteiger partial charge >= 0.3 is 0 Å². The SMILES string of the molecule is CCCN1c2cccnc2-n2cccc2C12CCN(C(=O)CC(C)C)C2. The van der Waals surface area contributed by atoms with Crippen LogP contribution in [-0.2, 0) is 10.3 Å². The molecule has 2 aliphatic heterocycles. The molecule has 2 aromatic rings. The van der Waals surface area contributed by atoms with Crippen LogP contribution in [0.15, 0.2) is 36.7 Å². The number of aromatic nitrogens is 2. The summed E-state index contributed by atoms with van der Waals surface area (Å²) in [6.45, 7) is 9.00. The summed E-state index contributed by atoms with van der Waals surface area (Å²) in [6, 6.07) is 8.49. The van der Waals surface area contributed by atoms with E-state index in [0.717, 1.165) is 38.3 Å². The number of fused-ring (bicyclic) bond motifs is 4. The predicted octanol–water partition coefficient (Wildman–Crippen LogP) is 3.58. The van der Waals surface area contributed by atoms with Gasteiger partial charge in [0.1, 0.15) is 5.54 Å². The second-order valence-corrected chi connectivity index (χ2v) is 7.96. The molecule has 1 amide bonds. The zero-order valence-electron chi connectivity index (χ0n) is 16.0. The van der Waals surface area contributed by atoms with Gasteiger partial charge in [-0.3, -0.25) is 4.79 Å². The Morgan fingerprint density at radius 1 is 1.31 bits per heavy atom. The molecule has 1 atom stereocenters. The van der Waals surface area contributed by atoms with Crippen LogP contribution in [0, 0.1) is 5.92 Å². The second kappa shape index (κ2) is 6.45. The van der Waals surface area contributed by atoms with Gasteiger partial charge in [-0.15, -0.1) is 0 Å². The molecule has 5 nitrogen and oxygen atoms in total. The lowest BCUT2D eigenvalue weighted by molar-refractivity contribution is -0.131. The van der Waals surface area contributed by atoms with Crippen molar-refractivity contribution in [3.63, 3.8) is 0 Å². The summed E-state index contributed by atoms with van der Waals surface area (Å²) in [5.41, 5.74) is 2.29. The highest BCUT2D eigenvalue weighted by Gasteiger charge is 2.50. The summed E-state index contributed by atoms with van der Waals surface area (Å²) < 4.78 is 2.22. The van der Waals surface area contributed by atoms with Crippen molar-refractivity contribution in [1.29, 1.82) is 0 Å². The molecule has 0 radical (unpaired) electrons. The molecule has 0 bridgehead atoms. The lowest BCUT2D eigenvalue weighted by Gasteiger charge is -2.47. The molecule has 0 N–H and O–H groups in total. The minimum absolute atomic E-state index is 0.151. The average molecular weight is 352 g/mol. The first-order chi connectivity index (χ1) is 12.6. The largest absolute Gasteiger partial charge is 0.355 e. The maximum absolute atomic E-state index is 12.7. The van der Waals surface area contributed by atoms with Gasteiger partial charge in [0, 0.05) is 38.4 Å². The van der Waals surface area contributed by atoms with E-state index in [4.69, 9.17) is 0 Å². The van der Waals surface area contributed by atoms with Crippen LogP contribution in [0.5, 0.6) is 0 Å². The van der Waals surface area contributed by atoms with Crippen molar-refractivity contribution >= 4 is 11.6 Å². The van der Waals surface area contributed by atoms with Crippen LogP contribution in [0.4, 0.5) is 5.69 Å². The number of likely N-dealkylation sites (tertiary alicyclic amines) is 1. The maximum Gasteiger partial charge on any atom is 0.222 e. The molecule has 1 saturated heterocycles. The van der Waals surface area contributed by atoms with Crippen LogP contribution < -0.4 is 4.90 Å². The number of pyridine rings is 1. The van der Waals surface area contributed by atoms with Gasteiger partial charge in [-0.2, -0.15) is 0 Å². The van der Waals surface area contributed by atoms with Crippen LogP contribution in [0.25, 0.3) is 5.82 Å². The quantitative estimate of drug-likeness (QED) is 0.845. The normalized spacial score (nSPS) is 21.4. The van der Waals surface area contributed by atoms with Crippen molar-refractivity contribution in [1.82, 2.24) is 14.5 Å². The lowest BCUT2D eigenvalue weighted by Crippen LogP contribution is -2.53. The molecule has 5 heteroatoms. The number of hydrogen-bond acceptors (Lipinski definition) is 3.